The zero-order valence-corrected chi connectivity index (χ0v) is 14.3. The summed E-state index contributed by atoms with van der Waals surface area (Å²) in [7, 11) is 0. The normalized spacial score (nSPS) is 12.0. The number of nitrogens with zero attached hydrogens (tertiary/aromatic N) is 1. The van der Waals surface area contributed by atoms with Gasteiger partial charge in [0.15, 0.2) is 0 Å². The van der Waals surface area contributed by atoms with E-state index in [9.17, 15) is 10.1 Å². The van der Waals surface area contributed by atoms with Crippen LogP contribution in [0.1, 0.15) is 25.5 Å². The molecule has 1 amide bonds. The van der Waals surface area contributed by atoms with Crippen molar-refractivity contribution in [2.45, 2.75) is 19.9 Å². The van der Waals surface area contributed by atoms with Gasteiger partial charge in [0, 0.05) is 17.9 Å². The minimum atomic E-state index is -0.459. The maximum absolute atomic E-state index is 12.2. The Morgan fingerprint density at radius 3 is 2.48 bits per heavy atom. The average Bonchev–Trinajstić information content (AvgIpc) is 2.64. The number of ether oxygens (including phenoxy) is 1. The van der Waals surface area contributed by atoms with Crippen LogP contribution in [0.5, 0.6) is 5.75 Å². The van der Waals surface area contributed by atoms with Crippen molar-refractivity contribution in [3.63, 3.8) is 0 Å². The number of benzene rings is 2. The van der Waals surface area contributed by atoms with Crippen molar-refractivity contribution in [3.05, 3.63) is 71.9 Å². The lowest BCUT2D eigenvalue weighted by Gasteiger charge is -2.12. The van der Waals surface area contributed by atoms with Crippen LogP contribution in [0.25, 0.3) is 0 Å². The first-order valence-corrected chi connectivity index (χ1v) is 8.09. The van der Waals surface area contributed by atoms with Gasteiger partial charge in [0.2, 0.25) is 0 Å². The molecule has 0 heterocycles. The van der Waals surface area contributed by atoms with Crippen LogP contribution in [0.3, 0.4) is 0 Å². The molecule has 0 fully saturated rings. The van der Waals surface area contributed by atoms with Crippen molar-refractivity contribution in [1.29, 1.82) is 5.26 Å². The molecule has 0 aromatic heterocycles. The van der Waals surface area contributed by atoms with Gasteiger partial charge in [0.25, 0.3) is 5.91 Å². The zero-order valence-electron chi connectivity index (χ0n) is 14.3. The third-order valence-corrected chi connectivity index (χ3v) is 3.57. The van der Waals surface area contributed by atoms with Crippen LogP contribution in [0.4, 0.5) is 5.69 Å². The van der Waals surface area contributed by atoms with Crippen molar-refractivity contribution in [3.8, 4) is 11.8 Å². The van der Waals surface area contributed by atoms with E-state index in [1.165, 1.54) is 6.20 Å². The lowest BCUT2D eigenvalue weighted by atomic mass is 10.1. The van der Waals surface area contributed by atoms with Crippen LogP contribution in [0.15, 0.2) is 66.4 Å². The van der Waals surface area contributed by atoms with Crippen LogP contribution in [0.2, 0.25) is 0 Å². The maximum Gasteiger partial charge on any atom is 0.267 e. The van der Waals surface area contributed by atoms with Crippen molar-refractivity contribution in [2.75, 3.05) is 11.9 Å². The second-order valence-electron chi connectivity index (χ2n) is 5.38. The number of rotatable bonds is 7. The summed E-state index contributed by atoms with van der Waals surface area (Å²) >= 11 is 0. The molecule has 2 aromatic rings. The average molecular weight is 335 g/mol. The topological polar surface area (TPSA) is 74.1 Å². The molecule has 5 nitrogen and oxygen atoms in total. The third-order valence-electron chi connectivity index (χ3n) is 3.57. The van der Waals surface area contributed by atoms with E-state index in [0.717, 1.165) is 11.3 Å². The molecule has 1 atom stereocenters. The van der Waals surface area contributed by atoms with E-state index in [2.05, 4.69) is 10.6 Å². The number of carbonyl (C=O) groups excluding carboxylic acids is 1. The number of amides is 1. The van der Waals surface area contributed by atoms with Crippen LogP contribution >= 0.6 is 0 Å². The van der Waals surface area contributed by atoms with Crippen molar-refractivity contribution < 1.29 is 9.53 Å². The minimum absolute atomic E-state index is 0.0108. The van der Waals surface area contributed by atoms with E-state index in [4.69, 9.17) is 4.74 Å². The lowest BCUT2D eigenvalue weighted by Crippen LogP contribution is -2.18. The molecule has 0 aliphatic rings. The molecule has 25 heavy (non-hydrogen) atoms. The summed E-state index contributed by atoms with van der Waals surface area (Å²) in [5, 5.41) is 15.0. The van der Waals surface area contributed by atoms with Gasteiger partial charge in [-0.2, -0.15) is 5.26 Å². The molecule has 128 valence electrons. The van der Waals surface area contributed by atoms with Crippen LogP contribution in [0, 0.1) is 11.3 Å². The van der Waals surface area contributed by atoms with Gasteiger partial charge in [-0.1, -0.05) is 30.3 Å². The first-order chi connectivity index (χ1) is 12.1. The molecule has 0 saturated heterocycles. The van der Waals surface area contributed by atoms with E-state index < -0.39 is 5.91 Å². The van der Waals surface area contributed by atoms with Gasteiger partial charge < -0.3 is 15.4 Å². The third kappa shape index (κ3) is 5.40. The smallest absolute Gasteiger partial charge is 0.267 e. The van der Waals surface area contributed by atoms with Crippen LogP contribution < -0.4 is 15.4 Å². The highest BCUT2D eigenvalue weighted by Crippen LogP contribution is 2.16. The largest absolute Gasteiger partial charge is 0.494 e. The summed E-state index contributed by atoms with van der Waals surface area (Å²) in [5.41, 5.74) is 1.69. The van der Waals surface area contributed by atoms with Gasteiger partial charge in [-0.3, -0.25) is 4.79 Å². The molecule has 0 radical (unpaired) electrons. The van der Waals surface area contributed by atoms with Gasteiger partial charge in [-0.05, 0) is 43.7 Å². The monoisotopic (exact) mass is 335 g/mol. The Morgan fingerprint density at radius 2 is 1.88 bits per heavy atom. The number of nitriles is 1. The van der Waals surface area contributed by atoms with Crippen molar-refractivity contribution >= 4 is 11.6 Å². The predicted molar refractivity (Wildman–Crippen MR) is 97.9 cm³/mol. The fourth-order valence-electron chi connectivity index (χ4n) is 2.19. The summed E-state index contributed by atoms with van der Waals surface area (Å²) in [5.74, 6) is 0.273. The van der Waals surface area contributed by atoms with Gasteiger partial charge in [0.1, 0.15) is 17.4 Å². The van der Waals surface area contributed by atoms with Crippen LogP contribution in [-0.2, 0) is 4.79 Å². The summed E-state index contributed by atoms with van der Waals surface area (Å²) in [4.78, 5) is 12.2. The molecule has 2 rings (SSSR count). The fourth-order valence-corrected chi connectivity index (χ4v) is 2.19. The fraction of sp³-hybridized carbons (Fsp3) is 0.200. The number of hydrogen-bond acceptors (Lipinski definition) is 4. The van der Waals surface area contributed by atoms with Gasteiger partial charge >= 0.3 is 0 Å². The standard InChI is InChI=1S/C20H21N3O2/c1-3-25-19-11-9-18(10-12-19)23-20(24)17(13-21)14-22-15(2)16-7-5-4-6-8-16/h4-12,14-15,22H,3H2,1-2H3,(H,23,24)/b17-14-. The Balaban J connectivity index is 1.99. The first kappa shape index (κ1) is 18.1. The van der Waals surface area contributed by atoms with E-state index in [1.807, 2.05) is 50.2 Å². The van der Waals surface area contributed by atoms with Gasteiger partial charge in [-0.25, -0.2) is 0 Å². The Labute approximate surface area is 147 Å². The highest BCUT2D eigenvalue weighted by molar-refractivity contribution is 6.06. The Bertz CT molecular complexity index is 762. The van der Waals surface area contributed by atoms with E-state index >= 15 is 0 Å². The summed E-state index contributed by atoms with van der Waals surface area (Å²) in [6.07, 6.45) is 1.45. The molecule has 0 aliphatic heterocycles. The van der Waals surface area contributed by atoms with E-state index in [1.54, 1.807) is 24.3 Å². The molecule has 0 spiro atoms. The number of anilines is 1. The maximum atomic E-state index is 12.2. The van der Waals surface area contributed by atoms with Gasteiger partial charge in [-0.15, -0.1) is 0 Å². The Hall–Kier alpha value is -3.26. The second kappa shape index (κ2) is 9.14. The van der Waals surface area contributed by atoms with Crippen molar-refractivity contribution in [1.82, 2.24) is 5.32 Å². The summed E-state index contributed by atoms with van der Waals surface area (Å²) < 4.78 is 5.35. The molecule has 0 aliphatic carbocycles. The van der Waals surface area contributed by atoms with E-state index in [-0.39, 0.29) is 11.6 Å². The molecule has 2 N–H and O–H groups in total. The predicted octanol–water partition coefficient (Wildman–Crippen LogP) is 3.78. The number of nitrogens with one attached hydrogen (secondary N) is 2. The highest BCUT2D eigenvalue weighted by atomic mass is 16.5. The molecule has 1 unspecified atom stereocenters. The summed E-state index contributed by atoms with van der Waals surface area (Å²) in [6, 6.07) is 18.7. The number of carbonyl (C=O) groups is 1. The molecule has 0 saturated carbocycles. The Morgan fingerprint density at radius 1 is 1.20 bits per heavy atom. The molecular weight excluding hydrogens is 314 g/mol. The number of hydrogen-bond donors (Lipinski definition) is 2. The van der Waals surface area contributed by atoms with Crippen LogP contribution in [-0.4, -0.2) is 12.5 Å². The quantitative estimate of drug-likeness (QED) is 0.596. The van der Waals surface area contributed by atoms with Crippen molar-refractivity contribution in [2.24, 2.45) is 0 Å². The zero-order chi connectivity index (χ0) is 18.1. The van der Waals surface area contributed by atoms with Gasteiger partial charge in [0.05, 0.1) is 6.61 Å². The minimum Gasteiger partial charge on any atom is -0.494 e. The Kier molecular flexibility index (Phi) is 6.61. The summed E-state index contributed by atoms with van der Waals surface area (Å²) in [6.45, 7) is 4.45. The van der Waals surface area contributed by atoms with E-state index in [0.29, 0.717) is 12.3 Å². The lowest BCUT2D eigenvalue weighted by molar-refractivity contribution is -0.112. The molecule has 5 heteroatoms. The highest BCUT2D eigenvalue weighted by Gasteiger charge is 2.10. The first-order valence-electron chi connectivity index (χ1n) is 8.09. The second-order valence-corrected chi connectivity index (χ2v) is 5.38. The molecular formula is C20H21N3O2. The SMILES string of the molecule is CCOc1ccc(NC(=O)/C(C#N)=C\NC(C)c2ccccc2)cc1. The molecule has 2 aromatic carbocycles. The molecule has 0 bridgehead atoms.